The largest absolute Gasteiger partial charge is 0.464 e. The predicted molar refractivity (Wildman–Crippen MR) is 60.6 cm³/mol. The molecule has 18 heavy (non-hydrogen) atoms. The third-order valence-electron chi connectivity index (χ3n) is 1.76. The molecule has 0 amide bonds. The molecule has 0 rings (SSSR count). The van der Waals surface area contributed by atoms with Crippen molar-refractivity contribution in [1.29, 1.82) is 0 Å². The molecule has 0 heterocycles. The van der Waals surface area contributed by atoms with Gasteiger partial charge in [0.25, 0.3) is 0 Å². The normalized spacial score (nSPS) is 12.3. The minimum Gasteiger partial charge on any atom is -0.464 e. The number of carbonyl (C=O) groups is 2. The zero-order valence-corrected chi connectivity index (χ0v) is 11.1. The number of hydrogen-bond donors (Lipinski definition) is 0. The molecule has 0 saturated heterocycles. The van der Waals surface area contributed by atoms with Crippen LogP contribution in [0.1, 0.15) is 20.8 Å². The fourth-order valence-corrected chi connectivity index (χ4v) is 1.08. The third-order valence-corrected chi connectivity index (χ3v) is 1.76. The van der Waals surface area contributed by atoms with Gasteiger partial charge < -0.3 is 23.7 Å². The molecular formula is C11H20O7. The maximum atomic E-state index is 11.3. The lowest BCUT2D eigenvalue weighted by molar-refractivity contribution is -0.224. The summed E-state index contributed by atoms with van der Waals surface area (Å²) >= 11 is 0. The van der Waals surface area contributed by atoms with Gasteiger partial charge in [-0.15, -0.1) is 0 Å². The zero-order chi connectivity index (χ0) is 14.0. The Balaban J connectivity index is 4.28. The Kier molecular flexibility index (Phi) is 9.17. The molecule has 0 aliphatic carbocycles. The van der Waals surface area contributed by atoms with E-state index in [9.17, 15) is 9.59 Å². The average Bonchev–Trinajstić information content (AvgIpc) is 2.33. The van der Waals surface area contributed by atoms with Gasteiger partial charge >= 0.3 is 18.2 Å². The quantitative estimate of drug-likeness (QED) is 0.442. The van der Waals surface area contributed by atoms with Crippen molar-refractivity contribution in [3.8, 4) is 0 Å². The van der Waals surface area contributed by atoms with Crippen molar-refractivity contribution in [1.82, 2.24) is 0 Å². The molecule has 0 aliphatic heterocycles. The van der Waals surface area contributed by atoms with E-state index in [1.807, 2.05) is 0 Å². The minimum atomic E-state index is -1.41. The highest BCUT2D eigenvalue weighted by atomic mass is 16.7. The highest BCUT2D eigenvalue weighted by molar-refractivity contribution is 5.77. The maximum absolute atomic E-state index is 11.3. The van der Waals surface area contributed by atoms with Crippen molar-refractivity contribution >= 4 is 11.9 Å². The molecular weight excluding hydrogens is 244 g/mol. The van der Waals surface area contributed by atoms with E-state index in [1.54, 1.807) is 13.8 Å². The van der Waals surface area contributed by atoms with Gasteiger partial charge in [-0.1, -0.05) is 0 Å². The minimum absolute atomic E-state index is 0.0469. The SMILES string of the molecule is CCOC(CO[C@H](OC(C)=O)C(=O)OC)OCC. The number of carbonyl (C=O) groups excluding carboxylic acids is 2. The van der Waals surface area contributed by atoms with Gasteiger partial charge in [0, 0.05) is 20.1 Å². The molecule has 0 aromatic rings. The second-order valence-corrected chi connectivity index (χ2v) is 3.14. The Morgan fingerprint density at radius 1 is 1.06 bits per heavy atom. The van der Waals surface area contributed by atoms with E-state index in [0.29, 0.717) is 13.2 Å². The van der Waals surface area contributed by atoms with Gasteiger partial charge in [0.1, 0.15) is 6.61 Å². The molecule has 0 aromatic carbocycles. The summed E-state index contributed by atoms with van der Waals surface area (Å²) in [6.45, 7) is 5.59. The summed E-state index contributed by atoms with van der Waals surface area (Å²) in [6.07, 6.45) is -2.03. The van der Waals surface area contributed by atoms with Crippen LogP contribution in [-0.2, 0) is 33.3 Å². The Labute approximate surface area is 106 Å². The molecule has 0 N–H and O–H groups in total. The number of esters is 2. The molecule has 0 spiro atoms. The fourth-order valence-electron chi connectivity index (χ4n) is 1.08. The van der Waals surface area contributed by atoms with Gasteiger partial charge in [0.15, 0.2) is 6.29 Å². The van der Waals surface area contributed by atoms with Gasteiger partial charge in [0.05, 0.1) is 7.11 Å². The molecule has 7 heteroatoms. The zero-order valence-electron chi connectivity index (χ0n) is 11.1. The summed E-state index contributed by atoms with van der Waals surface area (Å²) in [5.74, 6) is -1.44. The molecule has 0 bridgehead atoms. The molecule has 7 nitrogen and oxygen atoms in total. The Hall–Kier alpha value is -1.18. The van der Waals surface area contributed by atoms with Crippen molar-refractivity contribution in [2.24, 2.45) is 0 Å². The Morgan fingerprint density at radius 2 is 1.61 bits per heavy atom. The van der Waals surface area contributed by atoms with Crippen LogP contribution in [-0.4, -0.2) is 51.4 Å². The lowest BCUT2D eigenvalue weighted by atomic mass is 10.6. The third kappa shape index (κ3) is 7.21. The first kappa shape index (κ1) is 16.8. The van der Waals surface area contributed by atoms with Crippen LogP contribution < -0.4 is 0 Å². The topological polar surface area (TPSA) is 80.3 Å². The van der Waals surface area contributed by atoms with Crippen molar-refractivity contribution < 1.29 is 33.3 Å². The van der Waals surface area contributed by atoms with E-state index >= 15 is 0 Å². The van der Waals surface area contributed by atoms with E-state index in [0.717, 1.165) is 0 Å². The monoisotopic (exact) mass is 264 g/mol. The van der Waals surface area contributed by atoms with Crippen LogP contribution in [0.25, 0.3) is 0 Å². The summed E-state index contributed by atoms with van der Waals surface area (Å²) in [6, 6.07) is 0. The number of methoxy groups -OCH3 is 1. The maximum Gasteiger partial charge on any atom is 0.376 e. The standard InChI is InChI=1S/C11H20O7/c1-5-15-9(16-6-2)7-17-11(10(13)14-4)18-8(3)12/h9,11H,5-7H2,1-4H3/t11-/m1/s1. The van der Waals surface area contributed by atoms with Crippen molar-refractivity contribution in [3.05, 3.63) is 0 Å². The highest BCUT2D eigenvalue weighted by Gasteiger charge is 2.25. The van der Waals surface area contributed by atoms with E-state index in [4.69, 9.17) is 14.2 Å². The first-order valence-corrected chi connectivity index (χ1v) is 5.64. The predicted octanol–water partition coefficient (Wildman–Crippen LogP) is 0.464. The van der Waals surface area contributed by atoms with E-state index in [1.165, 1.54) is 14.0 Å². The summed E-state index contributed by atoms with van der Waals surface area (Å²) in [4.78, 5) is 22.1. The summed E-state index contributed by atoms with van der Waals surface area (Å²) in [5.41, 5.74) is 0. The van der Waals surface area contributed by atoms with Gasteiger partial charge in [0.2, 0.25) is 0 Å². The summed E-state index contributed by atoms with van der Waals surface area (Å²) in [7, 11) is 1.17. The molecule has 0 unspecified atom stereocenters. The molecule has 106 valence electrons. The van der Waals surface area contributed by atoms with Crippen LogP contribution in [0.4, 0.5) is 0 Å². The molecule has 0 fully saturated rings. The summed E-state index contributed by atoms with van der Waals surface area (Å²) < 4.78 is 24.6. The smallest absolute Gasteiger partial charge is 0.376 e. The molecule has 0 radical (unpaired) electrons. The van der Waals surface area contributed by atoms with Crippen molar-refractivity contribution in [2.75, 3.05) is 26.9 Å². The lowest BCUT2D eigenvalue weighted by Gasteiger charge is -2.20. The van der Waals surface area contributed by atoms with Crippen LogP contribution in [0, 0.1) is 0 Å². The van der Waals surface area contributed by atoms with Gasteiger partial charge in [-0.25, -0.2) is 4.79 Å². The van der Waals surface area contributed by atoms with E-state index in [2.05, 4.69) is 9.47 Å². The van der Waals surface area contributed by atoms with Crippen molar-refractivity contribution in [3.63, 3.8) is 0 Å². The highest BCUT2D eigenvalue weighted by Crippen LogP contribution is 2.03. The lowest BCUT2D eigenvalue weighted by Crippen LogP contribution is -2.34. The number of ether oxygens (including phenoxy) is 5. The van der Waals surface area contributed by atoms with Crippen LogP contribution in [0.3, 0.4) is 0 Å². The Morgan fingerprint density at radius 3 is 2.00 bits per heavy atom. The van der Waals surface area contributed by atoms with Crippen LogP contribution in [0.15, 0.2) is 0 Å². The van der Waals surface area contributed by atoms with Gasteiger partial charge in [-0.3, -0.25) is 4.79 Å². The second-order valence-electron chi connectivity index (χ2n) is 3.14. The fraction of sp³-hybridized carbons (Fsp3) is 0.818. The molecule has 0 aromatic heterocycles. The number of rotatable bonds is 9. The molecule has 0 saturated carbocycles. The first-order valence-electron chi connectivity index (χ1n) is 5.64. The number of hydrogen-bond acceptors (Lipinski definition) is 7. The van der Waals surface area contributed by atoms with Crippen LogP contribution in [0.5, 0.6) is 0 Å². The van der Waals surface area contributed by atoms with E-state index < -0.39 is 24.5 Å². The van der Waals surface area contributed by atoms with Crippen LogP contribution >= 0.6 is 0 Å². The van der Waals surface area contributed by atoms with Crippen LogP contribution in [0.2, 0.25) is 0 Å². The molecule has 1 atom stereocenters. The molecule has 0 aliphatic rings. The van der Waals surface area contributed by atoms with E-state index in [-0.39, 0.29) is 6.61 Å². The summed E-state index contributed by atoms with van der Waals surface area (Å²) in [5, 5.41) is 0. The van der Waals surface area contributed by atoms with Gasteiger partial charge in [-0.05, 0) is 13.8 Å². The first-order chi connectivity index (χ1) is 8.54. The average molecular weight is 264 g/mol. The Bertz CT molecular complexity index is 248. The second kappa shape index (κ2) is 9.81. The van der Waals surface area contributed by atoms with Gasteiger partial charge in [-0.2, -0.15) is 0 Å². The van der Waals surface area contributed by atoms with Crippen molar-refractivity contribution in [2.45, 2.75) is 33.4 Å².